The molecule has 19 heavy (non-hydrogen) atoms. The third kappa shape index (κ3) is 3.45. The van der Waals surface area contributed by atoms with Gasteiger partial charge in [0.1, 0.15) is 5.82 Å². The molecule has 106 valence electrons. The van der Waals surface area contributed by atoms with Crippen molar-refractivity contribution in [1.82, 2.24) is 4.90 Å². The summed E-state index contributed by atoms with van der Waals surface area (Å²) in [6, 6.07) is 2.09. The first-order valence-electron chi connectivity index (χ1n) is 5.76. The van der Waals surface area contributed by atoms with E-state index >= 15 is 0 Å². The van der Waals surface area contributed by atoms with Crippen LogP contribution in [-0.2, 0) is 9.05 Å². The highest BCUT2D eigenvalue weighted by Gasteiger charge is 2.22. The van der Waals surface area contributed by atoms with E-state index in [4.69, 9.17) is 10.7 Å². The summed E-state index contributed by atoms with van der Waals surface area (Å²) in [5, 5.41) is 0. The Balaban J connectivity index is 3.43. The first-order chi connectivity index (χ1) is 8.72. The molecule has 0 spiro atoms. The van der Waals surface area contributed by atoms with Crippen LogP contribution in [0.1, 0.15) is 29.8 Å². The second-order valence-electron chi connectivity index (χ2n) is 4.02. The molecule has 1 amide bonds. The zero-order valence-corrected chi connectivity index (χ0v) is 12.5. The Labute approximate surface area is 116 Å². The molecular formula is C12H15ClFNO3S. The maximum Gasteiger partial charge on any atom is 0.261 e. The lowest BCUT2D eigenvalue weighted by molar-refractivity contribution is 0.0768. The molecule has 0 unspecified atom stereocenters. The highest BCUT2D eigenvalue weighted by Crippen LogP contribution is 2.23. The van der Waals surface area contributed by atoms with Crippen LogP contribution in [0, 0.1) is 12.7 Å². The fourth-order valence-electron chi connectivity index (χ4n) is 1.71. The second-order valence-corrected chi connectivity index (χ2v) is 6.58. The second kappa shape index (κ2) is 5.88. The SMILES string of the molecule is CCN(CC)C(=O)c1cc(S(=O)(=O)Cl)cc(C)c1F. The van der Waals surface area contributed by atoms with Gasteiger partial charge in [0.25, 0.3) is 15.0 Å². The number of benzene rings is 1. The number of halogens is 2. The number of carbonyl (C=O) groups is 1. The number of carbonyl (C=O) groups excluding carboxylic acids is 1. The summed E-state index contributed by atoms with van der Waals surface area (Å²) in [5.41, 5.74) is -0.208. The number of hydrogen-bond donors (Lipinski definition) is 0. The standard InChI is InChI=1S/C12H15ClFNO3S/c1-4-15(5-2)12(16)10-7-9(19(13,17)18)6-8(3)11(10)14/h6-7H,4-5H2,1-3H3. The van der Waals surface area contributed by atoms with E-state index in [1.807, 2.05) is 0 Å². The Morgan fingerprint density at radius 3 is 2.26 bits per heavy atom. The van der Waals surface area contributed by atoms with Crippen LogP contribution >= 0.6 is 10.7 Å². The average Bonchev–Trinajstić information content (AvgIpc) is 2.32. The summed E-state index contributed by atoms with van der Waals surface area (Å²) in [4.78, 5) is 13.2. The van der Waals surface area contributed by atoms with Gasteiger partial charge in [-0.3, -0.25) is 4.79 Å². The van der Waals surface area contributed by atoms with Crippen molar-refractivity contribution >= 4 is 25.6 Å². The molecule has 0 aliphatic carbocycles. The molecule has 0 fully saturated rings. The summed E-state index contributed by atoms with van der Waals surface area (Å²) in [7, 11) is 1.23. The van der Waals surface area contributed by atoms with Crippen LogP contribution < -0.4 is 0 Å². The summed E-state index contributed by atoms with van der Waals surface area (Å²) in [6.45, 7) is 5.72. The predicted octanol–water partition coefficient (Wildman–Crippen LogP) is 2.54. The van der Waals surface area contributed by atoms with Gasteiger partial charge in [-0.25, -0.2) is 12.8 Å². The molecule has 1 rings (SSSR count). The Morgan fingerprint density at radius 1 is 1.32 bits per heavy atom. The molecular weight excluding hydrogens is 293 g/mol. The number of hydrogen-bond acceptors (Lipinski definition) is 3. The van der Waals surface area contributed by atoms with Gasteiger partial charge in [0.2, 0.25) is 0 Å². The van der Waals surface area contributed by atoms with Gasteiger partial charge < -0.3 is 4.90 Å². The zero-order chi connectivity index (χ0) is 14.8. The van der Waals surface area contributed by atoms with Gasteiger partial charge in [-0.1, -0.05) is 0 Å². The first-order valence-corrected chi connectivity index (χ1v) is 8.07. The normalized spacial score (nSPS) is 11.4. The maximum atomic E-state index is 14.0. The summed E-state index contributed by atoms with van der Waals surface area (Å²) in [6.07, 6.45) is 0. The van der Waals surface area contributed by atoms with Gasteiger partial charge in [0, 0.05) is 23.8 Å². The van der Waals surface area contributed by atoms with Crippen molar-refractivity contribution < 1.29 is 17.6 Å². The molecule has 0 heterocycles. The third-order valence-corrected chi connectivity index (χ3v) is 4.12. The predicted molar refractivity (Wildman–Crippen MR) is 71.4 cm³/mol. The van der Waals surface area contributed by atoms with E-state index < -0.39 is 20.8 Å². The summed E-state index contributed by atoms with van der Waals surface area (Å²) >= 11 is 0. The minimum absolute atomic E-state index is 0.0669. The Kier molecular flexibility index (Phi) is 4.92. The number of nitrogens with zero attached hydrogens (tertiary/aromatic N) is 1. The maximum absolute atomic E-state index is 14.0. The Morgan fingerprint density at radius 2 is 1.84 bits per heavy atom. The number of aryl methyl sites for hydroxylation is 1. The van der Waals surface area contributed by atoms with Gasteiger partial charge in [0.05, 0.1) is 10.5 Å². The van der Waals surface area contributed by atoms with E-state index in [-0.39, 0.29) is 16.0 Å². The molecule has 0 radical (unpaired) electrons. The largest absolute Gasteiger partial charge is 0.339 e. The number of rotatable bonds is 4. The van der Waals surface area contributed by atoms with Crippen molar-refractivity contribution in [3.8, 4) is 0 Å². The molecule has 0 N–H and O–H groups in total. The van der Waals surface area contributed by atoms with Gasteiger partial charge in [-0.05, 0) is 38.5 Å². The molecule has 0 aliphatic heterocycles. The van der Waals surface area contributed by atoms with Gasteiger partial charge >= 0.3 is 0 Å². The molecule has 0 saturated heterocycles. The van der Waals surface area contributed by atoms with Crippen LogP contribution in [-0.4, -0.2) is 32.3 Å². The van der Waals surface area contributed by atoms with Crippen LogP contribution in [0.3, 0.4) is 0 Å². The molecule has 7 heteroatoms. The highest BCUT2D eigenvalue weighted by molar-refractivity contribution is 8.13. The lowest BCUT2D eigenvalue weighted by Gasteiger charge is -2.19. The van der Waals surface area contributed by atoms with E-state index in [1.54, 1.807) is 13.8 Å². The minimum atomic E-state index is -4.00. The summed E-state index contributed by atoms with van der Waals surface area (Å²) < 4.78 is 36.6. The summed E-state index contributed by atoms with van der Waals surface area (Å²) in [5.74, 6) is -1.27. The van der Waals surface area contributed by atoms with E-state index in [0.717, 1.165) is 12.1 Å². The topological polar surface area (TPSA) is 54.5 Å². The smallest absolute Gasteiger partial charge is 0.261 e. The van der Waals surface area contributed by atoms with Gasteiger partial charge in [0.15, 0.2) is 0 Å². The van der Waals surface area contributed by atoms with Crippen LogP contribution in [0.25, 0.3) is 0 Å². The minimum Gasteiger partial charge on any atom is -0.339 e. The van der Waals surface area contributed by atoms with E-state index in [9.17, 15) is 17.6 Å². The van der Waals surface area contributed by atoms with E-state index in [2.05, 4.69) is 0 Å². The van der Waals surface area contributed by atoms with Crippen molar-refractivity contribution in [2.45, 2.75) is 25.7 Å². The quantitative estimate of drug-likeness (QED) is 0.803. The molecule has 0 saturated carbocycles. The van der Waals surface area contributed by atoms with Crippen molar-refractivity contribution in [2.24, 2.45) is 0 Å². The fourth-order valence-corrected chi connectivity index (χ4v) is 2.56. The van der Waals surface area contributed by atoms with Crippen LogP contribution in [0.15, 0.2) is 17.0 Å². The van der Waals surface area contributed by atoms with Crippen LogP contribution in [0.4, 0.5) is 4.39 Å². The number of amides is 1. The van der Waals surface area contributed by atoms with Crippen LogP contribution in [0.2, 0.25) is 0 Å². The third-order valence-electron chi connectivity index (χ3n) is 2.79. The van der Waals surface area contributed by atoms with Crippen molar-refractivity contribution in [3.63, 3.8) is 0 Å². The molecule has 0 bridgehead atoms. The van der Waals surface area contributed by atoms with Crippen molar-refractivity contribution in [1.29, 1.82) is 0 Å². The van der Waals surface area contributed by atoms with Crippen molar-refractivity contribution in [2.75, 3.05) is 13.1 Å². The highest BCUT2D eigenvalue weighted by atomic mass is 35.7. The molecule has 1 aromatic rings. The molecule has 1 aromatic carbocycles. The van der Waals surface area contributed by atoms with Gasteiger partial charge in [-0.2, -0.15) is 0 Å². The fraction of sp³-hybridized carbons (Fsp3) is 0.417. The lowest BCUT2D eigenvalue weighted by atomic mass is 10.1. The zero-order valence-electron chi connectivity index (χ0n) is 10.9. The van der Waals surface area contributed by atoms with Crippen molar-refractivity contribution in [3.05, 3.63) is 29.1 Å². The Hall–Kier alpha value is -1.14. The van der Waals surface area contributed by atoms with Gasteiger partial charge in [-0.15, -0.1) is 0 Å². The molecule has 0 atom stereocenters. The van der Waals surface area contributed by atoms with E-state index in [0.29, 0.717) is 13.1 Å². The lowest BCUT2D eigenvalue weighted by Crippen LogP contribution is -2.31. The monoisotopic (exact) mass is 307 g/mol. The molecule has 0 aliphatic rings. The average molecular weight is 308 g/mol. The van der Waals surface area contributed by atoms with Crippen LogP contribution in [0.5, 0.6) is 0 Å². The molecule has 0 aromatic heterocycles. The van der Waals surface area contributed by atoms with E-state index in [1.165, 1.54) is 11.8 Å². The Bertz CT molecular complexity index is 597. The first kappa shape index (κ1) is 15.9. The molecule has 4 nitrogen and oxygen atoms in total.